The van der Waals surface area contributed by atoms with E-state index in [1.807, 2.05) is 30.1 Å². The fourth-order valence-electron chi connectivity index (χ4n) is 4.54. The summed E-state index contributed by atoms with van der Waals surface area (Å²) in [7, 11) is 2.53. The first-order chi connectivity index (χ1) is 17.6. The Morgan fingerprint density at radius 2 is 1.87 bits per heavy atom. The van der Waals surface area contributed by atoms with E-state index in [0.29, 0.717) is 0 Å². The summed E-state index contributed by atoms with van der Waals surface area (Å²) < 4.78 is 31.6. The number of aliphatic hydroxyl groups is 1. The number of methoxy groups -OCH3 is 3. The molecular weight excluding hydrogens is 615 g/mol. The third-order valence-corrected chi connectivity index (χ3v) is 13.0. The number of carbonyl (C=O) groups is 1. The zero-order chi connectivity index (χ0) is 29.3. The van der Waals surface area contributed by atoms with Gasteiger partial charge in [-0.1, -0.05) is 87.1 Å². The molecule has 0 radical (unpaired) electrons. The highest BCUT2D eigenvalue weighted by Gasteiger charge is 2.49. The largest absolute Gasteiger partial charge is 0.469 e. The van der Waals surface area contributed by atoms with E-state index in [1.54, 1.807) is 7.11 Å². The molecule has 1 aliphatic rings. The van der Waals surface area contributed by atoms with Crippen molar-refractivity contribution in [1.29, 1.82) is 0 Å². The molecule has 7 atom stereocenters. The van der Waals surface area contributed by atoms with E-state index >= 15 is 0 Å². The molecule has 1 heterocycles. The van der Waals surface area contributed by atoms with Crippen LogP contribution >= 0.6 is 22.6 Å². The zero-order valence-electron chi connectivity index (χ0n) is 25.2. The van der Waals surface area contributed by atoms with E-state index in [4.69, 9.17) is 23.4 Å². The van der Waals surface area contributed by atoms with Gasteiger partial charge in [-0.15, -0.1) is 0 Å². The number of aliphatic hydroxyl groups excluding tert-OH is 1. The molecule has 0 aromatic heterocycles. The molecular formula is C29H51IO7Si. The van der Waals surface area contributed by atoms with Gasteiger partial charge in [0.05, 0.1) is 37.9 Å². The molecule has 1 aliphatic heterocycles. The lowest BCUT2D eigenvalue weighted by atomic mass is 9.80. The van der Waals surface area contributed by atoms with Crippen LogP contribution in [-0.2, 0) is 28.2 Å². The molecule has 1 N–H and O–H groups in total. The second-order valence-electron chi connectivity index (χ2n) is 12.0. The maximum atomic E-state index is 12.1. The van der Waals surface area contributed by atoms with Gasteiger partial charge in [0.1, 0.15) is 0 Å². The highest BCUT2D eigenvalue weighted by Crippen LogP contribution is 2.41. The van der Waals surface area contributed by atoms with E-state index in [-0.39, 0.29) is 41.9 Å². The quantitative estimate of drug-likeness (QED) is 0.0784. The summed E-state index contributed by atoms with van der Waals surface area (Å²) in [5, 5.41) is 11.0. The van der Waals surface area contributed by atoms with Crippen LogP contribution in [0.15, 0.2) is 34.0 Å². The van der Waals surface area contributed by atoms with Gasteiger partial charge in [-0.3, -0.25) is 4.79 Å². The van der Waals surface area contributed by atoms with E-state index in [2.05, 4.69) is 75.5 Å². The molecule has 0 bridgehead atoms. The van der Waals surface area contributed by atoms with Crippen LogP contribution in [0, 0.1) is 11.8 Å². The van der Waals surface area contributed by atoms with Gasteiger partial charge >= 0.3 is 5.97 Å². The summed E-state index contributed by atoms with van der Waals surface area (Å²) in [5.41, 5.74) is 1.15. The second kappa shape index (κ2) is 15.4. The second-order valence-corrected chi connectivity index (χ2v) is 17.5. The summed E-state index contributed by atoms with van der Waals surface area (Å²) >= 11 is 2.21. The van der Waals surface area contributed by atoms with Crippen LogP contribution in [0.2, 0.25) is 18.1 Å². The molecule has 1 rings (SSSR count). The first-order valence-electron chi connectivity index (χ1n) is 13.4. The summed E-state index contributed by atoms with van der Waals surface area (Å²) in [4.78, 5) is 12.1. The molecule has 1 saturated heterocycles. The van der Waals surface area contributed by atoms with Crippen LogP contribution in [0.4, 0.5) is 0 Å². The number of halogens is 1. The number of allylic oxidation sites excluding steroid dienone is 2. The van der Waals surface area contributed by atoms with Crippen molar-refractivity contribution >= 4 is 36.9 Å². The maximum Gasteiger partial charge on any atom is 0.310 e. The van der Waals surface area contributed by atoms with Crippen LogP contribution < -0.4 is 0 Å². The Hall–Kier alpha value is -0.563. The van der Waals surface area contributed by atoms with Crippen molar-refractivity contribution < 1.29 is 33.3 Å². The topological polar surface area (TPSA) is 83.5 Å². The molecule has 7 nitrogen and oxygen atoms in total. The summed E-state index contributed by atoms with van der Waals surface area (Å²) in [6.45, 7) is 17.4. The average molecular weight is 667 g/mol. The predicted octanol–water partition coefficient (Wildman–Crippen LogP) is 6.56. The fourth-order valence-corrected chi connectivity index (χ4v) is 6.06. The number of carbonyl (C=O) groups excluding carboxylic acids is 1. The molecule has 1 fully saturated rings. The lowest BCUT2D eigenvalue weighted by molar-refractivity contribution is -0.311. The van der Waals surface area contributed by atoms with E-state index < -0.39 is 32.3 Å². The van der Waals surface area contributed by atoms with Crippen molar-refractivity contribution in [3.63, 3.8) is 0 Å². The first kappa shape index (κ1) is 35.5. The van der Waals surface area contributed by atoms with Crippen molar-refractivity contribution in [1.82, 2.24) is 0 Å². The van der Waals surface area contributed by atoms with E-state index in [9.17, 15) is 9.90 Å². The van der Waals surface area contributed by atoms with Crippen LogP contribution in [-0.4, -0.2) is 70.9 Å². The van der Waals surface area contributed by atoms with Crippen molar-refractivity contribution in [2.24, 2.45) is 11.8 Å². The number of esters is 1. The smallest absolute Gasteiger partial charge is 0.310 e. The Morgan fingerprint density at radius 1 is 1.24 bits per heavy atom. The van der Waals surface area contributed by atoms with Gasteiger partial charge in [0.25, 0.3) is 0 Å². The molecule has 0 spiro atoms. The normalized spacial score (nSPS) is 28.0. The molecule has 9 heteroatoms. The minimum absolute atomic E-state index is 0.0552. The number of ether oxygens (including phenoxy) is 4. The number of rotatable bonds is 13. The first-order valence-corrected chi connectivity index (χ1v) is 17.5. The number of hydrogen-bond donors (Lipinski definition) is 1. The van der Waals surface area contributed by atoms with E-state index in [0.717, 1.165) is 12.0 Å². The van der Waals surface area contributed by atoms with Gasteiger partial charge in [-0.05, 0) is 35.6 Å². The van der Waals surface area contributed by atoms with Crippen LogP contribution in [0.1, 0.15) is 60.8 Å². The Morgan fingerprint density at radius 3 is 2.37 bits per heavy atom. The predicted molar refractivity (Wildman–Crippen MR) is 164 cm³/mol. The average Bonchev–Trinajstić information content (AvgIpc) is 2.83. The van der Waals surface area contributed by atoms with Crippen molar-refractivity contribution in [2.75, 3.05) is 21.3 Å². The van der Waals surface area contributed by atoms with Gasteiger partial charge in [-0.25, -0.2) is 0 Å². The van der Waals surface area contributed by atoms with E-state index in [1.165, 1.54) is 14.2 Å². The monoisotopic (exact) mass is 666 g/mol. The lowest BCUT2D eigenvalue weighted by Crippen LogP contribution is -2.56. The van der Waals surface area contributed by atoms with Gasteiger partial charge in [0, 0.05) is 32.5 Å². The molecule has 220 valence electrons. The van der Waals surface area contributed by atoms with Crippen molar-refractivity contribution in [2.45, 2.75) is 109 Å². The van der Waals surface area contributed by atoms with Gasteiger partial charge in [0.2, 0.25) is 0 Å². The molecule has 0 aromatic rings. The molecule has 0 aliphatic carbocycles. The van der Waals surface area contributed by atoms with Gasteiger partial charge in [-0.2, -0.15) is 0 Å². The molecule has 0 amide bonds. The van der Waals surface area contributed by atoms with Gasteiger partial charge < -0.3 is 28.5 Å². The summed E-state index contributed by atoms with van der Waals surface area (Å²) in [5.74, 6) is -1.98. The highest BCUT2D eigenvalue weighted by molar-refractivity contribution is 14.1. The SMILES string of the molecule is COC(=O)C[C@]1(OC)C[C@H](O)[C@@H](C)[C@H]([C@H](C)[C@@H](/C=C(\C)C[C@H](/C=C/C=C/I)O[Si](C)(C)C(C)(C)C)OC)O1. The summed E-state index contributed by atoms with van der Waals surface area (Å²) in [6, 6.07) is 0. The van der Waals surface area contributed by atoms with Crippen molar-refractivity contribution in [3.8, 4) is 0 Å². The molecule has 0 aromatic carbocycles. The van der Waals surface area contributed by atoms with Crippen molar-refractivity contribution in [3.05, 3.63) is 34.0 Å². The summed E-state index contributed by atoms with van der Waals surface area (Å²) in [6.07, 6.45) is 7.72. The fraction of sp³-hybridized carbons (Fsp3) is 0.759. The van der Waals surface area contributed by atoms with Crippen LogP contribution in [0.3, 0.4) is 0 Å². The minimum Gasteiger partial charge on any atom is -0.469 e. The zero-order valence-corrected chi connectivity index (χ0v) is 28.4. The molecule has 0 saturated carbocycles. The third-order valence-electron chi connectivity index (χ3n) is 8.05. The lowest BCUT2D eigenvalue weighted by Gasteiger charge is -2.47. The Labute approximate surface area is 245 Å². The Bertz CT molecular complexity index is 835. The van der Waals surface area contributed by atoms with Crippen LogP contribution in [0.5, 0.6) is 0 Å². The maximum absolute atomic E-state index is 12.1. The molecule has 38 heavy (non-hydrogen) atoms. The minimum atomic E-state index is -1.98. The van der Waals surface area contributed by atoms with Crippen LogP contribution in [0.25, 0.3) is 0 Å². The third kappa shape index (κ3) is 10.1. The Kier molecular flexibility index (Phi) is 14.4. The number of hydrogen-bond acceptors (Lipinski definition) is 7. The standard InChI is InChI=1S/C29H51IO7Si/c1-20(16-23(14-12-13-15-30)37-38(10,11)28(4,5)6)17-25(33-7)22(3)27-21(2)24(31)18-29(35-9,36-27)19-26(32)34-8/h12-15,17,21-25,27,31H,16,18-19H2,1-11H3/b14-12+,15-13+,20-17+/t21-,22-,23+,24+,25-,27-,29+/m1/s1. The Balaban J connectivity index is 3.19. The molecule has 0 unspecified atom stereocenters. The highest BCUT2D eigenvalue weighted by atomic mass is 127. The van der Waals surface area contributed by atoms with Gasteiger partial charge in [0.15, 0.2) is 14.1 Å².